The first-order valence-corrected chi connectivity index (χ1v) is 7.09. The Balaban J connectivity index is 2.05. The maximum Gasteiger partial charge on any atom is 0.136 e. The first-order valence-electron chi connectivity index (χ1n) is 6.71. The lowest BCUT2D eigenvalue weighted by molar-refractivity contribution is 0.547. The van der Waals surface area contributed by atoms with Gasteiger partial charge >= 0.3 is 0 Å². The molecule has 1 nitrogen and oxygen atoms in total. The summed E-state index contributed by atoms with van der Waals surface area (Å²) in [5, 5.41) is 3.67. The van der Waals surface area contributed by atoms with Crippen molar-refractivity contribution in [2.75, 3.05) is 0 Å². The lowest BCUT2D eigenvalue weighted by atomic mass is 9.98. The number of hydrogen-bond acceptors (Lipinski definition) is 1. The minimum absolute atomic E-state index is 0.244. The molecule has 2 aromatic rings. The fourth-order valence-corrected chi connectivity index (χ4v) is 2.45. The Labute approximate surface area is 125 Å². The van der Waals surface area contributed by atoms with Crippen molar-refractivity contribution in [2.24, 2.45) is 0 Å². The van der Waals surface area contributed by atoms with E-state index in [0.717, 1.165) is 18.4 Å². The molecule has 0 atom stereocenters. The number of rotatable bonds is 4. The Morgan fingerprint density at radius 3 is 2.33 bits per heavy atom. The van der Waals surface area contributed by atoms with E-state index < -0.39 is 17.5 Å². The van der Waals surface area contributed by atoms with Crippen LogP contribution in [0.2, 0.25) is 5.02 Å². The predicted molar refractivity (Wildman–Crippen MR) is 76.6 cm³/mol. The summed E-state index contributed by atoms with van der Waals surface area (Å²) in [7, 11) is 0. The second kappa shape index (κ2) is 5.70. The van der Waals surface area contributed by atoms with Gasteiger partial charge in [0.1, 0.15) is 17.5 Å². The lowest BCUT2D eigenvalue weighted by Gasteiger charge is -2.13. The van der Waals surface area contributed by atoms with Crippen molar-refractivity contribution in [2.45, 2.75) is 25.4 Å². The van der Waals surface area contributed by atoms with Gasteiger partial charge in [-0.2, -0.15) is 0 Å². The molecule has 0 heterocycles. The Kier molecular flexibility index (Phi) is 3.91. The molecule has 1 aliphatic rings. The van der Waals surface area contributed by atoms with Gasteiger partial charge in [-0.15, -0.1) is 0 Å². The Bertz CT molecular complexity index is 660. The topological polar surface area (TPSA) is 12.0 Å². The van der Waals surface area contributed by atoms with Crippen LogP contribution in [0.4, 0.5) is 13.2 Å². The van der Waals surface area contributed by atoms with Crippen molar-refractivity contribution in [3.05, 3.63) is 58.4 Å². The number of benzene rings is 2. The molecule has 0 aromatic heterocycles. The zero-order valence-electron chi connectivity index (χ0n) is 11.1. The lowest BCUT2D eigenvalue weighted by Crippen LogP contribution is -2.16. The van der Waals surface area contributed by atoms with Crippen LogP contribution in [-0.4, -0.2) is 6.04 Å². The van der Waals surface area contributed by atoms with Crippen LogP contribution in [-0.2, 0) is 6.54 Å². The summed E-state index contributed by atoms with van der Waals surface area (Å²) < 4.78 is 41.0. The normalized spacial score (nSPS) is 14.5. The van der Waals surface area contributed by atoms with Crippen molar-refractivity contribution in [1.82, 2.24) is 5.32 Å². The van der Waals surface area contributed by atoms with E-state index in [9.17, 15) is 13.2 Å². The summed E-state index contributed by atoms with van der Waals surface area (Å²) in [6.45, 7) is 0.493. The van der Waals surface area contributed by atoms with Gasteiger partial charge in [-0.3, -0.25) is 0 Å². The molecule has 2 aromatic carbocycles. The van der Waals surface area contributed by atoms with Crippen LogP contribution < -0.4 is 5.32 Å². The highest BCUT2D eigenvalue weighted by molar-refractivity contribution is 6.30. The molecule has 21 heavy (non-hydrogen) atoms. The zero-order chi connectivity index (χ0) is 15.0. The van der Waals surface area contributed by atoms with E-state index in [1.807, 2.05) is 0 Å². The van der Waals surface area contributed by atoms with Gasteiger partial charge in [-0.1, -0.05) is 17.7 Å². The highest BCUT2D eigenvalue weighted by Gasteiger charge is 2.22. The second-order valence-electron chi connectivity index (χ2n) is 5.20. The Morgan fingerprint density at radius 1 is 1.05 bits per heavy atom. The molecule has 0 radical (unpaired) electrons. The summed E-state index contributed by atoms with van der Waals surface area (Å²) >= 11 is 5.94. The summed E-state index contributed by atoms with van der Waals surface area (Å²) in [6.07, 6.45) is 2.23. The smallest absolute Gasteiger partial charge is 0.136 e. The Hall–Kier alpha value is -1.52. The maximum absolute atomic E-state index is 14.0. The van der Waals surface area contributed by atoms with Gasteiger partial charge in [0, 0.05) is 29.7 Å². The van der Waals surface area contributed by atoms with Crippen molar-refractivity contribution in [3.63, 3.8) is 0 Å². The molecule has 0 saturated heterocycles. The Morgan fingerprint density at radius 2 is 1.71 bits per heavy atom. The molecule has 0 bridgehead atoms. The van der Waals surface area contributed by atoms with Gasteiger partial charge in [-0.25, -0.2) is 13.2 Å². The van der Waals surface area contributed by atoms with Gasteiger partial charge in [0.2, 0.25) is 0 Å². The van der Waals surface area contributed by atoms with Crippen LogP contribution in [0.1, 0.15) is 18.4 Å². The van der Waals surface area contributed by atoms with E-state index in [1.165, 1.54) is 6.07 Å². The summed E-state index contributed by atoms with van der Waals surface area (Å²) in [6, 6.07) is 6.74. The maximum atomic E-state index is 14.0. The molecule has 1 aliphatic carbocycles. The summed E-state index contributed by atoms with van der Waals surface area (Å²) in [5.74, 6) is -2.79. The largest absolute Gasteiger partial charge is 0.310 e. The predicted octanol–water partition coefficient (Wildman–Crippen LogP) is 4.68. The minimum atomic E-state index is -0.937. The van der Waals surface area contributed by atoms with E-state index >= 15 is 0 Å². The van der Waals surface area contributed by atoms with E-state index in [0.29, 0.717) is 35.3 Å². The minimum Gasteiger partial charge on any atom is -0.310 e. The SMILES string of the molecule is Fc1cc(F)c(-c2cc(Cl)ccc2CNC2CC2)c(F)c1. The molecule has 3 rings (SSSR count). The van der Waals surface area contributed by atoms with Crippen molar-refractivity contribution in [3.8, 4) is 11.1 Å². The average Bonchev–Trinajstić information content (AvgIpc) is 3.20. The van der Waals surface area contributed by atoms with Crippen LogP contribution in [0, 0.1) is 17.5 Å². The van der Waals surface area contributed by atoms with Crippen molar-refractivity contribution < 1.29 is 13.2 Å². The molecule has 1 fully saturated rings. The zero-order valence-corrected chi connectivity index (χ0v) is 11.9. The first-order chi connectivity index (χ1) is 10.0. The molecule has 5 heteroatoms. The summed E-state index contributed by atoms with van der Waals surface area (Å²) in [5.41, 5.74) is 0.841. The summed E-state index contributed by atoms with van der Waals surface area (Å²) in [4.78, 5) is 0. The van der Waals surface area contributed by atoms with Crippen molar-refractivity contribution >= 4 is 11.6 Å². The molecule has 110 valence electrons. The highest BCUT2D eigenvalue weighted by atomic mass is 35.5. The molecule has 0 unspecified atom stereocenters. The quantitative estimate of drug-likeness (QED) is 0.864. The molecular formula is C16H13ClF3N. The molecule has 0 amide bonds. The van der Waals surface area contributed by atoms with Crippen molar-refractivity contribution in [1.29, 1.82) is 0 Å². The molecule has 1 N–H and O–H groups in total. The monoisotopic (exact) mass is 311 g/mol. The van der Waals surface area contributed by atoms with Gasteiger partial charge in [0.25, 0.3) is 0 Å². The molecular weight excluding hydrogens is 299 g/mol. The van der Waals surface area contributed by atoms with E-state index in [4.69, 9.17) is 11.6 Å². The van der Waals surface area contributed by atoms with Gasteiger partial charge in [-0.05, 0) is 36.1 Å². The van der Waals surface area contributed by atoms with Gasteiger partial charge in [0.15, 0.2) is 0 Å². The van der Waals surface area contributed by atoms with Crippen LogP contribution in [0.25, 0.3) is 11.1 Å². The number of halogens is 4. The molecule has 0 spiro atoms. The van der Waals surface area contributed by atoms with Crippen LogP contribution in [0.5, 0.6) is 0 Å². The fraction of sp³-hybridized carbons (Fsp3) is 0.250. The number of nitrogens with one attached hydrogen (secondary N) is 1. The fourth-order valence-electron chi connectivity index (χ4n) is 2.28. The van der Waals surface area contributed by atoms with Gasteiger partial charge < -0.3 is 5.32 Å². The van der Waals surface area contributed by atoms with Gasteiger partial charge in [0.05, 0.1) is 5.56 Å². The van der Waals surface area contributed by atoms with Crippen LogP contribution in [0.15, 0.2) is 30.3 Å². The molecule has 1 saturated carbocycles. The third kappa shape index (κ3) is 3.22. The third-order valence-corrected chi connectivity index (χ3v) is 3.74. The second-order valence-corrected chi connectivity index (χ2v) is 5.64. The van der Waals surface area contributed by atoms with Crippen LogP contribution in [0.3, 0.4) is 0 Å². The first kappa shape index (κ1) is 14.4. The highest BCUT2D eigenvalue weighted by Crippen LogP contribution is 2.32. The van der Waals surface area contributed by atoms with E-state index in [-0.39, 0.29) is 5.56 Å². The van der Waals surface area contributed by atoms with Crippen LogP contribution >= 0.6 is 11.6 Å². The third-order valence-electron chi connectivity index (χ3n) is 3.51. The molecule has 0 aliphatic heterocycles. The number of hydrogen-bond donors (Lipinski definition) is 1. The van der Waals surface area contributed by atoms with E-state index in [1.54, 1.807) is 12.1 Å². The van der Waals surface area contributed by atoms with E-state index in [2.05, 4.69) is 5.32 Å². The average molecular weight is 312 g/mol. The standard InChI is InChI=1S/C16H13ClF3N/c17-10-2-1-9(8-21-12-3-4-12)13(5-10)16-14(19)6-11(18)7-15(16)20/h1-2,5-7,12,21H,3-4,8H2.